The molecule has 0 nitrogen and oxygen atoms in total. The second-order valence-corrected chi connectivity index (χ2v) is 27.7. The molecule has 0 amide bonds. The van der Waals surface area contributed by atoms with Crippen LogP contribution in [0.1, 0.15) is 41.5 Å². The molecule has 0 fully saturated rings. The first-order chi connectivity index (χ1) is 9.36. The van der Waals surface area contributed by atoms with Crippen molar-refractivity contribution in [2.24, 2.45) is 0 Å². The van der Waals surface area contributed by atoms with Crippen LogP contribution in [-0.2, 0) is 98.4 Å². The first kappa shape index (κ1) is 33.5. The molecule has 0 heterocycles. The molecule has 0 aliphatic rings. The van der Waals surface area contributed by atoms with Crippen molar-refractivity contribution in [3.8, 4) is 0 Å². The van der Waals surface area contributed by atoms with Crippen molar-refractivity contribution >= 4 is 87.9 Å². The van der Waals surface area contributed by atoms with E-state index in [9.17, 15) is 0 Å². The van der Waals surface area contributed by atoms with E-state index in [0.29, 0.717) is 0 Å². The van der Waals surface area contributed by atoms with E-state index < -0.39 is 15.7 Å². The van der Waals surface area contributed by atoms with Crippen molar-refractivity contribution in [3.63, 3.8) is 0 Å². The Morgan fingerprint density at radius 1 is 0.500 bits per heavy atom. The summed E-state index contributed by atoms with van der Waals surface area (Å²) in [7, 11) is 0. The second-order valence-electron chi connectivity index (χ2n) is 4.34. The zero-order valence-electron chi connectivity index (χ0n) is 14.5. The van der Waals surface area contributed by atoms with Crippen molar-refractivity contribution in [3.05, 3.63) is 0 Å². The summed E-state index contributed by atoms with van der Waals surface area (Å²) >= 11 is 30.4. The Bertz CT molecular complexity index is 308. The minimum absolute atomic E-state index is 0. The van der Waals surface area contributed by atoms with E-state index >= 15 is 0 Å². The van der Waals surface area contributed by atoms with E-state index in [4.69, 9.17) is 72.2 Å². The maximum Gasteiger partial charge on any atom is 3.00 e. The minimum atomic E-state index is -1.24. The SMILES string of the molecule is CCP(=S)([S-])CC.CCP(=S)([S-])CC.CCP(=S)([S-])CC.[Zr+3]. The van der Waals surface area contributed by atoms with Crippen molar-refractivity contribution in [2.45, 2.75) is 41.5 Å². The molecule has 0 aromatic carbocycles. The number of hydrogen-bond donors (Lipinski definition) is 0. The smallest absolute Gasteiger partial charge is 0.746 e. The summed E-state index contributed by atoms with van der Waals surface area (Å²) in [6.07, 6.45) is 6.22. The zero-order chi connectivity index (χ0) is 17.7. The molecule has 133 valence electrons. The van der Waals surface area contributed by atoms with Crippen LogP contribution in [-0.4, -0.2) is 37.0 Å². The predicted molar refractivity (Wildman–Crippen MR) is 128 cm³/mol. The summed E-state index contributed by atoms with van der Waals surface area (Å²) in [6, 6.07) is 0. The van der Waals surface area contributed by atoms with Crippen LogP contribution in [0.15, 0.2) is 0 Å². The van der Waals surface area contributed by atoms with Gasteiger partial charge in [0.15, 0.2) is 0 Å². The predicted octanol–water partition coefficient (Wildman–Crippen LogP) is 5.90. The molecule has 0 spiro atoms. The van der Waals surface area contributed by atoms with Gasteiger partial charge in [0.05, 0.1) is 0 Å². The summed E-state index contributed by atoms with van der Waals surface area (Å²) in [5.74, 6) is 0. The van der Waals surface area contributed by atoms with Gasteiger partial charge in [0.2, 0.25) is 0 Å². The van der Waals surface area contributed by atoms with E-state index in [1.54, 1.807) is 0 Å². The molecule has 1 radical (unpaired) electrons. The van der Waals surface area contributed by atoms with Gasteiger partial charge >= 0.3 is 26.2 Å². The van der Waals surface area contributed by atoms with Crippen molar-refractivity contribution in [2.75, 3.05) is 37.0 Å². The first-order valence-corrected chi connectivity index (χ1v) is 19.8. The van der Waals surface area contributed by atoms with Gasteiger partial charge in [0, 0.05) is 0 Å². The average Bonchev–Trinajstić information content (AvgIpc) is 2.48. The minimum Gasteiger partial charge on any atom is -0.746 e. The van der Waals surface area contributed by atoms with E-state index in [-0.39, 0.29) is 26.2 Å². The van der Waals surface area contributed by atoms with E-state index in [1.807, 2.05) is 0 Å². The maximum absolute atomic E-state index is 5.07. The summed E-state index contributed by atoms with van der Waals surface area (Å²) in [5, 5.41) is -3.71. The molecule has 0 aromatic rings. The van der Waals surface area contributed by atoms with Crippen molar-refractivity contribution < 1.29 is 26.2 Å². The Labute approximate surface area is 190 Å². The van der Waals surface area contributed by atoms with Gasteiger partial charge in [0.1, 0.15) is 0 Å². The molecular formula is C12H30P3S6Zr. The summed E-state index contributed by atoms with van der Waals surface area (Å²) in [5.41, 5.74) is 0. The van der Waals surface area contributed by atoms with Gasteiger partial charge in [0.25, 0.3) is 0 Å². The Hall–Kier alpha value is 3.88. The molecule has 0 aliphatic carbocycles. The third-order valence-electron chi connectivity index (χ3n) is 2.89. The Kier molecular flexibility index (Phi) is 27.8. The third-order valence-corrected chi connectivity index (χ3v) is 18.0. The van der Waals surface area contributed by atoms with Gasteiger partial charge < -0.3 is 36.7 Å². The quantitative estimate of drug-likeness (QED) is 0.296. The monoisotopic (exact) mass is 549 g/mol. The van der Waals surface area contributed by atoms with Crippen LogP contribution in [0.5, 0.6) is 0 Å². The largest absolute Gasteiger partial charge is 3.00 e. The summed E-state index contributed by atoms with van der Waals surface area (Å²) < 4.78 is 0. The average molecular weight is 551 g/mol. The third kappa shape index (κ3) is 26.1. The summed E-state index contributed by atoms with van der Waals surface area (Å²) in [6.45, 7) is 12.5. The van der Waals surface area contributed by atoms with E-state index in [0.717, 1.165) is 37.0 Å². The van der Waals surface area contributed by atoms with Crippen LogP contribution in [0, 0.1) is 0 Å². The van der Waals surface area contributed by atoms with Crippen LogP contribution in [0.2, 0.25) is 0 Å². The fourth-order valence-electron chi connectivity index (χ4n) is 0.671. The molecule has 0 saturated carbocycles. The van der Waals surface area contributed by atoms with Gasteiger partial charge in [-0.1, -0.05) is 41.5 Å². The number of hydrogen-bond acceptors (Lipinski definition) is 6. The molecule has 0 aliphatic heterocycles. The summed E-state index contributed by atoms with van der Waals surface area (Å²) in [4.78, 5) is 0. The van der Waals surface area contributed by atoms with E-state index in [2.05, 4.69) is 41.5 Å². The van der Waals surface area contributed by atoms with Gasteiger partial charge in [-0.2, -0.15) is 15.7 Å². The van der Waals surface area contributed by atoms with Crippen LogP contribution in [0.4, 0.5) is 0 Å². The van der Waals surface area contributed by atoms with Crippen LogP contribution in [0.25, 0.3) is 0 Å². The number of rotatable bonds is 6. The van der Waals surface area contributed by atoms with Crippen LogP contribution < -0.4 is 0 Å². The van der Waals surface area contributed by atoms with Gasteiger partial charge in [-0.3, -0.25) is 0 Å². The standard InChI is InChI=1S/3C4H11PS2.Zr/c3*1-3-5(6,7)4-2;/h3*3-4H2,1-2H3,(H,6,7);/q;;;+3/p-3. The molecule has 0 aromatic heterocycles. The van der Waals surface area contributed by atoms with Gasteiger partial charge in [-0.25, -0.2) is 0 Å². The normalized spacial score (nSPS) is 11.3. The molecule has 0 rings (SSSR count). The molecule has 0 N–H and O–H groups in total. The van der Waals surface area contributed by atoms with Crippen molar-refractivity contribution in [1.82, 2.24) is 0 Å². The van der Waals surface area contributed by atoms with Crippen LogP contribution in [0.3, 0.4) is 0 Å². The van der Waals surface area contributed by atoms with E-state index in [1.165, 1.54) is 0 Å². The second kappa shape index (κ2) is 18.3. The Morgan fingerprint density at radius 2 is 0.591 bits per heavy atom. The van der Waals surface area contributed by atoms with Crippen molar-refractivity contribution in [1.29, 1.82) is 0 Å². The fourth-order valence-corrected chi connectivity index (χ4v) is 2.01. The Balaban J connectivity index is -0.000000108. The molecule has 10 heteroatoms. The van der Waals surface area contributed by atoms with Crippen LogP contribution >= 0.6 is 15.7 Å². The Morgan fingerprint density at radius 3 is 0.591 bits per heavy atom. The molecule has 0 saturated heterocycles. The zero-order valence-corrected chi connectivity index (χ0v) is 24.6. The molecule has 0 bridgehead atoms. The fraction of sp³-hybridized carbons (Fsp3) is 1.00. The van der Waals surface area contributed by atoms with Gasteiger partial charge in [-0.05, 0) is 37.0 Å². The maximum atomic E-state index is 5.07. The molecule has 0 unspecified atom stereocenters. The molecule has 22 heavy (non-hydrogen) atoms. The topological polar surface area (TPSA) is 0 Å². The van der Waals surface area contributed by atoms with Gasteiger partial charge in [-0.15, -0.1) is 35.4 Å². The first-order valence-electron chi connectivity index (χ1n) is 7.24. The molecule has 0 atom stereocenters. The molecular weight excluding hydrogens is 521 g/mol.